The topological polar surface area (TPSA) is 102 Å². The molecule has 4 aromatic rings. The molecule has 1 atom stereocenters. The zero-order valence-electron chi connectivity index (χ0n) is 18.3. The molecule has 1 aliphatic heterocycles. The number of ketones is 1. The zero-order chi connectivity index (χ0) is 23.8. The molecule has 0 unspecified atom stereocenters. The highest BCUT2D eigenvalue weighted by atomic mass is 32.1. The summed E-state index contributed by atoms with van der Waals surface area (Å²) in [6.45, 7) is 2.42. The van der Waals surface area contributed by atoms with Crippen molar-refractivity contribution in [3.05, 3.63) is 83.5 Å². The van der Waals surface area contributed by atoms with Crippen LogP contribution in [0.15, 0.2) is 76.6 Å². The van der Waals surface area contributed by atoms with Crippen LogP contribution < -0.4 is 14.4 Å². The number of thiazole rings is 1. The van der Waals surface area contributed by atoms with Crippen molar-refractivity contribution in [1.29, 1.82) is 0 Å². The summed E-state index contributed by atoms with van der Waals surface area (Å²) in [5.41, 5.74) is 1.10. The van der Waals surface area contributed by atoms with E-state index in [1.807, 2.05) is 13.0 Å². The highest BCUT2D eigenvalue weighted by molar-refractivity contribution is 7.22. The number of benzene rings is 2. The Morgan fingerprint density at radius 1 is 1.21 bits per heavy atom. The number of nitrogens with zero attached hydrogens (tertiary/aromatic N) is 2. The summed E-state index contributed by atoms with van der Waals surface area (Å²) in [6, 6.07) is 14.6. The van der Waals surface area contributed by atoms with Crippen LogP contribution >= 0.6 is 11.3 Å². The Bertz CT molecular complexity index is 1420. The first-order chi connectivity index (χ1) is 16.5. The van der Waals surface area contributed by atoms with Gasteiger partial charge in [-0.15, -0.1) is 0 Å². The van der Waals surface area contributed by atoms with E-state index >= 15 is 0 Å². The lowest BCUT2D eigenvalue weighted by molar-refractivity contribution is -0.117. The van der Waals surface area contributed by atoms with E-state index in [0.717, 1.165) is 4.70 Å². The third-order valence-electron chi connectivity index (χ3n) is 5.50. The largest absolute Gasteiger partial charge is 0.503 e. The Morgan fingerprint density at radius 3 is 2.76 bits per heavy atom. The van der Waals surface area contributed by atoms with Crippen LogP contribution in [-0.4, -0.2) is 35.5 Å². The van der Waals surface area contributed by atoms with Gasteiger partial charge in [-0.05, 0) is 43.3 Å². The molecule has 1 aliphatic rings. The molecule has 0 spiro atoms. The number of furan rings is 1. The summed E-state index contributed by atoms with van der Waals surface area (Å²) >= 11 is 1.26. The lowest BCUT2D eigenvalue weighted by atomic mass is 9.94. The number of rotatable bonds is 7. The van der Waals surface area contributed by atoms with E-state index < -0.39 is 23.5 Å². The van der Waals surface area contributed by atoms with Crippen LogP contribution in [0, 0.1) is 0 Å². The van der Waals surface area contributed by atoms with Crippen molar-refractivity contribution in [2.45, 2.75) is 13.0 Å². The van der Waals surface area contributed by atoms with Gasteiger partial charge < -0.3 is 19.0 Å². The van der Waals surface area contributed by atoms with E-state index in [-0.39, 0.29) is 11.3 Å². The first-order valence-corrected chi connectivity index (χ1v) is 11.4. The molecule has 0 saturated carbocycles. The van der Waals surface area contributed by atoms with E-state index in [2.05, 4.69) is 4.98 Å². The fourth-order valence-corrected chi connectivity index (χ4v) is 5.03. The third kappa shape index (κ3) is 3.50. The van der Waals surface area contributed by atoms with Gasteiger partial charge in [0.05, 0.1) is 35.8 Å². The minimum atomic E-state index is -0.965. The highest BCUT2D eigenvalue weighted by Crippen LogP contribution is 2.46. The molecule has 2 aromatic heterocycles. The number of carbonyl (C=O) groups excluding carboxylic acids is 2. The second-order valence-corrected chi connectivity index (χ2v) is 8.46. The number of hydrogen-bond acceptors (Lipinski definition) is 8. The van der Waals surface area contributed by atoms with Gasteiger partial charge in [-0.1, -0.05) is 29.5 Å². The van der Waals surface area contributed by atoms with E-state index in [1.54, 1.807) is 42.5 Å². The molecule has 0 bridgehead atoms. The minimum absolute atomic E-state index is 0.0155. The SMILES string of the molecule is CCOc1ccc2nc(N3C(=O)C(O)=C(C(=O)c4ccco4)[C@@H]3c3ccccc3OC)sc2c1. The number of aliphatic hydroxyl groups is 1. The average molecular weight is 477 g/mol. The van der Waals surface area contributed by atoms with Crippen LogP contribution in [-0.2, 0) is 4.79 Å². The summed E-state index contributed by atoms with van der Waals surface area (Å²) in [7, 11) is 1.50. The highest BCUT2D eigenvalue weighted by Gasteiger charge is 2.47. The molecule has 1 N–H and O–H groups in total. The van der Waals surface area contributed by atoms with Gasteiger partial charge in [0.2, 0.25) is 5.78 Å². The standard InChI is InChI=1S/C25H20N2O6S/c1-3-32-14-10-11-16-19(13-14)34-25(26-16)27-21(15-7-4-5-8-17(15)31-2)20(23(29)24(27)30)22(28)18-9-6-12-33-18/h4-13,21,29H,3H2,1-2H3/t21-/m0/s1. The van der Waals surface area contributed by atoms with Crippen molar-refractivity contribution in [3.63, 3.8) is 0 Å². The number of anilines is 1. The predicted octanol–water partition coefficient (Wildman–Crippen LogP) is 5.08. The number of amides is 1. The fraction of sp³-hybridized carbons (Fsp3) is 0.160. The normalized spacial score (nSPS) is 15.9. The molecule has 9 heteroatoms. The van der Waals surface area contributed by atoms with Crippen molar-refractivity contribution in [3.8, 4) is 11.5 Å². The first-order valence-electron chi connectivity index (χ1n) is 10.5. The number of ether oxygens (including phenoxy) is 2. The van der Waals surface area contributed by atoms with Gasteiger partial charge in [-0.3, -0.25) is 14.5 Å². The summed E-state index contributed by atoms with van der Waals surface area (Å²) in [5.74, 6) is -0.796. The number of Topliss-reactive ketones (excluding diaryl/α,β-unsaturated/α-hetero) is 1. The Morgan fingerprint density at radius 2 is 2.03 bits per heavy atom. The van der Waals surface area contributed by atoms with Crippen LogP contribution in [0.3, 0.4) is 0 Å². The monoisotopic (exact) mass is 476 g/mol. The Kier molecular flexibility index (Phi) is 5.54. The summed E-state index contributed by atoms with van der Waals surface area (Å²) < 4.78 is 17.2. The smallest absolute Gasteiger partial charge is 0.296 e. The number of aromatic nitrogens is 1. The summed E-state index contributed by atoms with van der Waals surface area (Å²) in [5, 5.41) is 11.2. The van der Waals surface area contributed by atoms with Crippen LogP contribution in [0.4, 0.5) is 5.13 Å². The van der Waals surface area contributed by atoms with Crippen LogP contribution in [0.1, 0.15) is 29.1 Å². The van der Waals surface area contributed by atoms with E-state index in [0.29, 0.717) is 34.3 Å². The van der Waals surface area contributed by atoms with Crippen molar-refractivity contribution >= 4 is 38.4 Å². The molecular weight excluding hydrogens is 456 g/mol. The molecule has 0 radical (unpaired) electrons. The van der Waals surface area contributed by atoms with Gasteiger partial charge in [0.15, 0.2) is 16.7 Å². The molecule has 172 valence electrons. The number of para-hydroxylation sites is 1. The third-order valence-corrected chi connectivity index (χ3v) is 6.51. The number of aliphatic hydroxyl groups excluding tert-OH is 1. The molecule has 3 heterocycles. The van der Waals surface area contributed by atoms with E-state index in [4.69, 9.17) is 13.9 Å². The van der Waals surface area contributed by atoms with Gasteiger partial charge in [0.25, 0.3) is 5.91 Å². The maximum Gasteiger partial charge on any atom is 0.296 e. The van der Waals surface area contributed by atoms with Crippen molar-refractivity contribution in [1.82, 2.24) is 4.98 Å². The molecule has 2 aromatic carbocycles. The van der Waals surface area contributed by atoms with E-state index in [9.17, 15) is 14.7 Å². The zero-order valence-corrected chi connectivity index (χ0v) is 19.2. The second-order valence-electron chi connectivity index (χ2n) is 7.45. The summed E-state index contributed by atoms with van der Waals surface area (Å²) in [4.78, 5) is 32.7. The lowest BCUT2D eigenvalue weighted by Gasteiger charge is -2.25. The van der Waals surface area contributed by atoms with E-state index in [1.165, 1.54) is 35.7 Å². The van der Waals surface area contributed by atoms with Crippen LogP contribution in [0.25, 0.3) is 10.2 Å². The molecule has 1 amide bonds. The van der Waals surface area contributed by atoms with Crippen LogP contribution in [0.5, 0.6) is 11.5 Å². The lowest BCUT2D eigenvalue weighted by Crippen LogP contribution is -2.31. The fourth-order valence-electron chi connectivity index (χ4n) is 4.01. The molecule has 0 saturated heterocycles. The molecular formula is C25H20N2O6S. The quantitative estimate of drug-likeness (QED) is 0.371. The Labute approximate surface area is 198 Å². The van der Waals surface area contributed by atoms with Gasteiger partial charge in [0.1, 0.15) is 17.5 Å². The Balaban J connectivity index is 1.68. The number of methoxy groups -OCH3 is 1. The molecule has 8 nitrogen and oxygen atoms in total. The summed E-state index contributed by atoms with van der Waals surface area (Å²) in [6.07, 6.45) is 1.36. The predicted molar refractivity (Wildman–Crippen MR) is 127 cm³/mol. The van der Waals surface area contributed by atoms with Gasteiger partial charge in [-0.2, -0.15) is 0 Å². The molecule has 0 aliphatic carbocycles. The molecule has 5 rings (SSSR count). The maximum atomic E-state index is 13.4. The van der Waals surface area contributed by atoms with Gasteiger partial charge in [0, 0.05) is 5.56 Å². The maximum absolute atomic E-state index is 13.4. The number of hydrogen-bond donors (Lipinski definition) is 1. The number of fused-ring (bicyclic) bond motifs is 1. The first kappa shape index (κ1) is 21.7. The second kappa shape index (κ2) is 8.68. The van der Waals surface area contributed by atoms with Gasteiger partial charge in [-0.25, -0.2) is 4.98 Å². The Hall–Kier alpha value is -4.11. The van der Waals surface area contributed by atoms with Crippen molar-refractivity contribution in [2.75, 3.05) is 18.6 Å². The molecule has 0 fully saturated rings. The van der Waals surface area contributed by atoms with Crippen LogP contribution in [0.2, 0.25) is 0 Å². The van der Waals surface area contributed by atoms with Crippen molar-refractivity contribution in [2.24, 2.45) is 0 Å². The van der Waals surface area contributed by atoms with Gasteiger partial charge >= 0.3 is 0 Å². The minimum Gasteiger partial charge on any atom is -0.503 e. The number of carbonyl (C=O) groups is 2. The average Bonchev–Trinajstić information content (AvgIpc) is 3.58. The molecule has 34 heavy (non-hydrogen) atoms. The van der Waals surface area contributed by atoms with Crippen molar-refractivity contribution < 1.29 is 28.6 Å².